The average molecular weight is 500 g/mol. The van der Waals surface area contributed by atoms with Crippen LogP contribution in [0.25, 0.3) is 0 Å². The van der Waals surface area contributed by atoms with Crippen LogP contribution < -0.4 is 15.0 Å². The maximum absolute atomic E-state index is 14.0. The SMILES string of the molecule is CC(Oc1ccccc1F)c1nnc(SCC(=O)Nc2ccc(N3CCOCC3)cc2)n1C(C)C. The summed E-state index contributed by atoms with van der Waals surface area (Å²) in [6.45, 7) is 9.00. The van der Waals surface area contributed by atoms with Crippen molar-refractivity contribution in [3.05, 3.63) is 60.2 Å². The van der Waals surface area contributed by atoms with Gasteiger partial charge in [-0.3, -0.25) is 4.79 Å². The first kappa shape index (κ1) is 25.0. The molecule has 1 fully saturated rings. The van der Waals surface area contributed by atoms with Gasteiger partial charge in [-0.05, 0) is 57.2 Å². The normalized spacial score (nSPS) is 14.7. The van der Waals surface area contributed by atoms with E-state index in [1.54, 1.807) is 25.1 Å². The van der Waals surface area contributed by atoms with Gasteiger partial charge in [-0.2, -0.15) is 0 Å². The Labute approximate surface area is 208 Å². The van der Waals surface area contributed by atoms with E-state index >= 15 is 0 Å². The molecule has 2 aromatic carbocycles. The number of benzene rings is 2. The third-order valence-corrected chi connectivity index (χ3v) is 6.51. The number of halogens is 1. The van der Waals surface area contributed by atoms with E-state index < -0.39 is 11.9 Å². The molecule has 3 aromatic rings. The lowest BCUT2D eigenvalue weighted by Gasteiger charge is -2.28. The Bertz CT molecular complexity index is 1130. The van der Waals surface area contributed by atoms with Crippen LogP contribution in [0.1, 0.15) is 38.7 Å². The molecule has 1 saturated heterocycles. The third-order valence-electron chi connectivity index (χ3n) is 5.57. The maximum Gasteiger partial charge on any atom is 0.234 e. The molecule has 1 N–H and O–H groups in total. The summed E-state index contributed by atoms with van der Waals surface area (Å²) in [7, 11) is 0. The van der Waals surface area contributed by atoms with Gasteiger partial charge in [0.1, 0.15) is 0 Å². The van der Waals surface area contributed by atoms with Crippen molar-refractivity contribution >= 4 is 29.0 Å². The number of carbonyl (C=O) groups excluding carboxylic acids is 1. The number of para-hydroxylation sites is 1. The standard InChI is InChI=1S/C25H30FN5O3S/c1-17(2)31-24(18(3)34-22-7-5-4-6-21(22)26)28-29-25(31)35-16-23(32)27-19-8-10-20(11-9-19)30-12-14-33-15-13-30/h4-11,17-18H,12-16H2,1-3H3,(H,27,32). The average Bonchev–Trinajstić information content (AvgIpc) is 3.30. The summed E-state index contributed by atoms with van der Waals surface area (Å²) in [5.41, 5.74) is 1.86. The highest BCUT2D eigenvalue weighted by Crippen LogP contribution is 2.29. The minimum atomic E-state index is -0.519. The van der Waals surface area contributed by atoms with E-state index in [4.69, 9.17) is 9.47 Å². The molecule has 1 aliphatic heterocycles. The number of nitrogens with zero attached hydrogens (tertiary/aromatic N) is 4. The van der Waals surface area contributed by atoms with Crippen LogP contribution in [0.3, 0.4) is 0 Å². The molecule has 0 spiro atoms. The molecule has 35 heavy (non-hydrogen) atoms. The van der Waals surface area contributed by atoms with Crippen LogP contribution in [-0.4, -0.2) is 52.7 Å². The molecular formula is C25H30FN5O3S. The number of hydrogen-bond donors (Lipinski definition) is 1. The maximum atomic E-state index is 14.0. The predicted molar refractivity (Wildman–Crippen MR) is 135 cm³/mol. The fraction of sp³-hybridized carbons (Fsp3) is 0.400. The van der Waals surface area contributed by atoms with E-state index in [0.717, 1.165) is 37.7 Å². The van der Waals surface area contributed by atoms with Gasteiger partial charge in [-0.1, -0.05) is 23.9 Å². The van der Waals surface area contributed by atoms with Gasteiger partial charge in [0.05, 0.1) is 19.0 Å². The van der Waals surface area contributed by atoms with E-state index in [1.807, 2.05) is 42.7 Å². The number of hydrogen-bond acceptors (Lipinski definition) is 7. The summed E-state index contributed by atoms with van der Waals surface area (Å²) in [5, 5.41) is 12.1. The molecule has 10 heteroatoms. The van der Waals surface area contributed by atoms with Gasteiger partial charge < -0.3 is 24.3 Å². The molecule has 1 atom stereocenters. The number of carbonyl (C=O) groups is 1. The smallest absolute Gasteiger partial charge is 0.234 e. The first-order valence-electron chi connectivity index (χ1n) is 11.6. The zero-order valence-electron chi connectivity index (χ0n) is 20.1. The molecule has 0 bridgehead atoms. The molecule has 1 aromatic heterocycles. The second kappa shape index (κ2) is 11.5. The van der Waals surface area contributed by atoms with Crippen LogP contribution in [0.2, 0.25) is 0 Å². The van der Waals surface area contributed by atoms with E-state index in [1.165, 1.54) is 17.8 Å². The Balaban J connectivity index is 1.36. The summed E-state index contributed by atoms with van der Waals surface area (Å²) >= 11 is 1.30. The van der Waals surface area contributed by atoms with Crippen molar-refractivity contribution < 1.29 is 18.7 Å². The second-order valence-corrected chi connectivity index (χ2v) is 9.42. The zero-order chi connectivity index (χ0) is 24.8. The van der Waals surface area contributed by atoms with Crippen LogP contribution in [-0.2, 0) is 9.53 Å². The number of anilines is 2. The van der Waals surface area contributed by atoms with Crippen molar-refractivity contribution in [2.75, 3.05) is 42.3 Å². The highest BCUT2D eigenvalue weighted by atomic mass is 32.2. The Hall–Kier alpha value is -3.11. The molecule has 1 amide bonds. The van der Waals surface area contributed by atoms with Crippen LogP contribution in [0.4, 0.5) is 15.8 Å². The molecule has 8 nitrogen and oxygen atoms in total. The summed E-state index contributed by atoms with van der Waals surface area (Å²) in [6, 6.07) is 14.1. The van der Waals surface area contributed by atoms with E-state index in [0.29, 0.717) is 11.0 Å². The number of rotatable bonds is 9. The Morgan fingerprint density at radius 3 is 2.51 bits per heavy atom. The van der Waals surface area contributed by atoms with Crippen molar-refractivity contribution in [2.24, 2.45) is 0 Å². The van der Waals surface area contributed by atoms with Crippen molar-refractivity contribution in [1.29, 1.82) is 0 Å². The van der Waals surface area contributed by atoms with Gasteiger partial charge in [-0.15, -0.1) is 10.2 Å². The molecule has 1 unspecified atom stereocenters. The third kappa shape index (κ3) is 6.32. The molecule has 0 radical (unpaired) electrons. The van der Waals surface area contributed by atoms with Gasteiger partial charge in [0.25, 0.3) is 0 Å². The van der Waals surface area contributed by atoms with Gasteiger partial charge in [0.15, 0.2) is 28.7 Å². The van der Waals surface area contributed by atoms with Crippen LogP contribution >= 0.6 is 11.8 Å². The minimum absolute atomic E-state index is 0.0324. The number of ether oxygens (including phenoxy) is 2. The van der Waals surface area contributed by atoms with Crippen molar-refractivity contribution in [2.45, 2.75) is 38.1 Å². The number of aromatic nitrogens is 3. The van der Waals surface area contributed by atoms with Crippen molar-refractivity contribution in [1.82, 2.24) is 14.8 Å². The number of morpholine rings is 1. The minimum Gasteiger partial charge on any atom is -0.480 e. The molecule has 0 saturated carbocycles. The molecule has 0 aliphatic carbocycles. The zero-order valence-corrected chi connectivity index (χ0v) is 20.9. The summed E-state index contributed by atoms with van der Waals surface area (Å²) in [4.78, 5) is 14.9. The number of nitrogens with one attached hydrogen (secondary N) is 1. The van der Waals surface area contributed by atoms with Crippen molar-refractivity contribution in [3.63, 3.8) is 0 Å². The summed E-state index contributed by atoms with van der Waals surface area (Å²) < 4.78 is 27.1. The number of thioether (sulfide) groups is 1. The van der Waals surface area contributed by atoms with Gasteiger partial charge in [0, 0.05) is 30.5 Å². The van der Waals surface area contributed by atoms with Crippen LogP contribution in [0.5, 0.6) is 5.75 Å². The molecule has 186 valence electrons. The van der Waals surface area contributed by atoms with Crippen molar-refractivity contribution in [3.8, 4) is 5.75 Å². The monoisotopic (exact) mass is 499 g/mol. The van der Waals surface area contributed by atoms with Gasteiger partial charge >= 0.3 is 0 Å². The quantitative estimate of drug-likeness (QED) is 0.427. The van der Waals surface area contributed by atoms with Crippen LogP contribution in [0.15, 0.2) is 53.7 Å². The highest BCUT2D eigenvalue weighted by molar-refractivity contribution is 7.99. The largest absolute Gasteiger partial charge is 0.480 e. The Morgan fingerprint density at radius 2 is 1.83 bits per heavy atom. The predicted octanol–water partition coefficient (Wildman–Crippen LogP) is 4.71. The Kier molecular flexibility index (Phi) is 8.25. The summed E-state index contributed by atoms with van der Waals surface area (Å²) in [5.74, 6) is 0.346. The van der Waals surface area contributed by atoms with Crippen LogP contribution in [0, 0.1) is 5.82 Å². The Morgan fingerprint density at radius 1 is 1.11 bits per heavy atom. The lowest BCUT2D eigenvalue weighted by atomic mass is 10.2. The number of amides is 1. The van der Waals surface area contributed by atoms with E-state index in [-0.39, 0.29) is 23.5 Å². The topological polar surface area (TPSA) is 81.5 Å². The molecule has 2 heterocycles. The lowest BCUT2D eigenvalue weighted by Crippen LogP contribution is -2.36. The first-order valence-corrected chi connectivity index (χ1v) is 12.6. The lowest BCUT2D eigenvalue weighted by molar-refractivity contribution is -0.113. The molecule has 1 aliphatic rings. The van der Waals surface area contributed by atoms with Gasteiger partial charge in [0.2, 0.25) is 5.91 Å². The van der Waals surface area contributed by atoms with Gasteiger partial charge in [-0.25, -0.2) is 4.39 Å². The molecule has 4 rings (SSSR count). The van der Waals surface area contributed by atoms with E-state index in [9.17, 15) is 9.18 Å². The fourth-order valence-electron chi connectivity index (χ4n) is 3.84. The first-order chi connectivity index (χ1) is 16.9. The van der Waals surface area contributed by atoms with E-state index in [2.05, 4.69) is 20.4 Å². The molecular weight excluding hydrogens is 469 g/mol. The fourth-order valence-corrected chi connectivity index (χ4v) is 4.71. The highest BCUT2D eigenvalue weighted by Gasteiger charge is 2.23. The summed E-state index contributed by atoms with van der Waals surface area (Å²) in [6.07, 6.45) is -0.519. The second-order valence-electron chi connectivity index (χ2n) is 8.48.